The fraction of sp³-hybridized carbons (Fsp3) is 0.500. The molecule has 0 amide bonds. The summed E-state index contributed by atoms with van der Waals surface area (Å²) in [4.78, 5) is 10.5. The minimum Gasteiger partial charge on any atom is -0.321 e. The van der Waals surface area contributed by atoms with Crippen LogP contribution < -0.4 is 5.73 Å². The molecule has 0 heterocycles. The average Bonchev–Trinajstić information content (AvgIpc) is 1.84. The quantitative estimate of drug-likeness (QED) is 0.541. The molecule has 0 aliphatic rings. The molecule has 1 atom stereocenters. The molecule has 0 aromatic rings. The Bertz CT molecular complexity index is 98.7. The van der Waals surface area contributed by atoms with Crippen molar-refractivity contribution >= 4 is 5.78 Å². The van der Waals surface area contributed by atoms with E-state index < -0.39 is 0 Å². The minimum atomic E-state index is -0.340. The zero-order chi connectivity index (χ0) is 6.57. The van der Waals surface area contributed by atoms with E-state index in [1.807, 2.05) is 6.92 Å². The maximum Gasteiger partial charge on any atom is 0.171 e. The van der Waals surface area contributed by atoms with Crippen LogP contribution in [0.3, 0.4) is 0 Å². The summed E-state index contributed by atoms with van der Waals surface area (Å²) in [5.41, 5.74) is 5.31. The van der Waals surface area contributed by atoms with Crippen LogP contribution in [0.1, 0.15) is 13.3 Å². The predicted molar refractivity (Wildman–Crippen MR) is 33.5 cm³/mol. The van der Waals surface area contributed by atoms with Gasteiger partial charge in [-0.1, -0.05) is 13.5 Å². The van der Waals surface area contributed by atoms with E-state index in [9.17, 15) is 4.79 Å². The maximum atomic E-state index is 10.5. The van der Waals surface area contributed by atoms with E-state index in [0.717, 1.165) is 0 Å². The van der Waals surface area contributed by atoms with Gasteiger partial charge in [-0.05, 0) is 12.5 Å². The Morgan fingerprint density at radius 3 is 2.62 bits per heavy atom. The van der Waals surface area contributed by atoms with Crippen LogP contribution in [0.15, 0.2) is 12.7 Å². The predicted octanol–water partition coefficient (Wildman–Crippen LogP) is 0.479. The van der Waals surface area contributed by atoms with E-state index in [1.54, 1.807) is 0 Å². The molecule has 0 saturated carbocycles. The lowest BCUT2D eigenvalue weighted by molar-refractivity contribution is -0.115. The fourth-order valence-electron chi connectivity index (χ4n) is 0.353. The van der Waals surface area contributed by atoms with E-state index in [1.165, 1.54) is 6.08 Å². The zero-order valence-electron chi connectivity index (χ0n) is 5.05. The second kappa shape index (κ2) is 3.38. The Balaban J connectivity index is 3.62. The van der Waals surface area contributed by atoms with Crippen LogP contribution in [0.4, 0.5) is 0 Å². The summed E-state index contributed by atoms with van der Waals surface area (Å²) in [6.45, 7) is 5.17. The van der Waals surface area contributed by atoms with E-state index in [-0.39, 0.29) is 11.8 Å². The Hall–Kier alpha value is -0.630. The van der Waals surface area contributed by atoms with Crippen molar-refractivity contribution in [2.75, 3.05) is 0 Å². The van der Waals surface area contributed by atoms with Crippen molar-refractivity contribution in [1.82, 2.24) is 0 Å². The van der Waals surface area contributed by atoms with Crippen LogP contribution in [0, 0.1) is 0 Å². The molecule has 0 radical (unpaired) electrons. The number of hydrogen-bond acceptors (Lipinski definition) is 2. The molecule has 46 valence electrons. The van der Waals surface area contributed by atoms with Crippen LogP contribution in [-0.4, -0.2) is 11.8 Å². The Morgan fingerprint density at radius 1 is 2.00 bits per heavy atom. The molecule has 0 aliphatic carbocycles. The molecule has 1 unspecified atom stereocenters. The van der Waals surface area contributed by atoms with Gasteiger partial charge >= 0.3 is 0 Å². The Morgan fingerprint density at radius 2 is 2.50 bits per heavy atom. The highest BCUT2D eigenvalue weighted by molar-refractivity contribution is 5.93. The molecule has 2 heteroatoms. The first-order valence-corrected chi connectivity index (χ1v) is 2.64. The Labute approximate surface area is 49.4 Å². The van der Waals surface area contributed by atoms with E-state index in [0.29, 0.717) is 6.42 Å². The average molecular weight is 113 g/mol. The Kier molecular flexibility index (Phi) is 3.12. The van der Waals surface area contributed by atoms with Crippen molar-refractivity contribution in [3.05, 3.63) is 12.7 Å². The second-order valence-electron chi connectivity index (χ2n) is 1.62. The molecular formula is C6H11NO. The number of nitrogens with two attached hydrogens (primary N) is 1. The first kappa shape index (κ1) is 7.37. The summed E-state index contributed by atoms with van der Waals surface area (Å²) in [6.07, 6.45) is 1.94. The lowest BCUT2D eigenvalue weighted by atomic mass is 10.1. The van der Waals surface area contributed by atoms with Gasteiger partial charge in [0.1, 0.15) is 0 Å². The van der Waals surface area contributed by atoms with Crippen molar-refractivity contribution in [3.8, 4) is 0 Å². The molecule has 2 N–H and O–H groups in total. The van der Waals surface area contributed by atoms with Gasteiger partial charge in [0.2, 0.25) is 0 Å². The topological polar surface area (TPSA) is 43.1 Å². The third-order valence-corrected chi connectivity index (χ3v) is 1.01. The molecule has 0 fully saturated rings. The normalized spacial score (nSPS) is 12.8. The van der Waals surface area contributed by atoms with Gasteiger partial charge in [0.15, 0.2) is 5.78 Å². The number of hydrogen-bond donors (Lipinski definition) is 1. The molecule has 2 nitrogen and oxygen atoms in total. The first-order valence-electron chi connectivity index (χ1n) is 2.64. The van der Waals surface area contributed by atoms with Crippen molar-refractivity contribution in [3.63, 3.8) is 0 Å². The minimum absolute atomic E-state index is 0.0764. The molecule has 0 saturated heterocycles. The number of rotatable bonds is 3. The lowest BCUT2D eigenvalue weighted by Crippen LogP contribution is -2.27. The van der Waals surface area contributed by atoms with Gasteiger partial charge in [-0.25, -0.2) is 0 Å². The molecule has 0 aromatic heterocycles. The van der Waals surface area contributed by atoms with Gasteiger partial charge in [0, 0.05) is 0 Å². The van der Waals surface area contributed by atoms with Crippen LogP contribution in [0.25, 0.3) is 0 Å². The van der Waals surface area contributed by atoms with Gasteiger partial charge in [-0.15, -0.1) is 0 Å². The van der Waals surface area contributed by atoms with Gasteiger partial charge in [0.25, 0.3) is 0 Å². The summed E-state index contributed by atoms with van der Waals surface area (Å²) in [5, 5.41) is 0. The molecule has 0 aliphatic heterocycles. The molecule has 0 rings (SSSR count). The smallest absolute Gasteiger partial charge is 0.171 e. The fourth-order valence-corrected chi connectivity index (χ4v) is 0.353. The number of carbonyl (C=O) groups excluding carboxylic acids is 1. The summed E-state index contributed by atoms with van der Waals surface area (Å²) in [5.74, 6) is -0.0764. The van der Waals surface area contributed by atoms with Crippen LogP contribution in [0.5, 0.6) is 0 Å². The highest BCUT2D eigenvalue weighted by Crippen LogP contribution is 1.87. The van der Waals surface area contributed by atoms with Gasteiger partial charge in [0.05, 0.1) is 6.04 Å². The zero-order valence-corrected chi connectivity index (χ0v) is 5.05. The summed E-state index contributed by atoms with van der Waals surface area (Å²) < 4.78 is 0. The van der Waals surface area contributed by atoms with Crippen molar-refractivity contribution in [2.45, 2.75) is 19.4 Å². The second-order valence-corrected chi connectivity index (χ2v) is 1.62. The van der Waals surface area contributed by atoms with Gasteiger partial charge in [-0.2, -0.15) is 0 Å². The monoisotopic (exact) mass is 113 g/mol. The third-order valence-electron chi connectivity index (χ3n) is 1.01. The standard InChI is InChI=1S/C6H11NO/c1-3-5(7)6(8)4-2/h4-5H,2-3,7H2,1H3. The van der Waals surface area contributed by atoms with Crippen molar-refractivity contribution < 1.29 is 4.79 Å². The molecule has 8 heavy (non-hydrogen) atoms. The number of ketones is 1. The van der Waals surface area contributed by atoms with E-state index in [2.05, 4.69) is 6.58 Å². The summed E-state index contributed by atoms with van der Waals surface area (Å²) in [6, 6.07) is -0.340. The molecule has 0 bridgehead atoms. The third kappa shape index (κ3) is 1.89. The van der Waals surface area contributed by atoms with Gasteiger partial charge in [-0.3, -0.25) is 4.79 Å². The largest absolute Gasteiger partial charge is 0.321 e. The maximum absolute atomic E-state index is 10.5. The van der Waals surface area contributed by atoms with E-state index in [4.69, 9.17) is 5.73 Å². The first-order chi connectivity index (χ1) is 3.72. The van der Waals surface area contributed by atoms with Crippen LogP contribution >= 0.6 is 0 Å². The van der Waals surface area contributed by atoms with Crippen LogP contribution in [-0.2, 0) is 4.79 Å². The summed E-state index contributed by atoms with van der Waals surface area (Å²) in [7, 11) is 0. The van der Waals surface area contributed by atoms with Crippen LogP contribution in [0.2, 0.25) is 0 Å². The SMILES string of the molecule is C=CC(=O)C(N)CC. The highest BCUT2D eigenvalue weighted by atomic mass is 16.1. The molecule has 0 aromatic carbocycles. The highest BCUT2D eigenvalue weighted by Gasteiger charge is 2.04. The van der Waals surface area contributed by atoms with E-state index >= 15 is 0 Å². The molecule has 0 spiro atoms. The van der Waals surface area contributed by atoms with Gasteiger partial charge < -0.3 is 5.73 Å². The van der Waals surface area contributed by atoms with Crippen molar-refractivity contribution in [1.29, 1.82) is 0 Å². The summed E-state index contributed by atoms with van der Waals surface area (Å²) >= 11 is 0. The number of carbonyl (C=O) groups is 1. The molecular weight excluding hydrogens is 102 g/mol. The van der Waals surface area contributed by atoms with Crippen molar-refractivity contribution in [2.24, 2.45) is 5.73 Å². The lowest BCUT2D eigenvalue weighted by Gasteiger charge is -2.00.